The lowest BCUT2D eigenvalue weighted by molar-refractivity contribution is 0.0681. The van der Waals surface area contributed by atoms with E-state index in [1.54, 1.807) is 0 Å². The molecule has 0 saturated heterocycles. The fourth-order valence-corrected chi connectivity index (χ4v) is 1.51. The third kappa shape index (κ3) is 9.02. The molecule has 142 valence electrons. The number of carbonyl (C=O) groups is 4. The largest absolute Gasteiger partial charge is 0.478 e. The zero-order chi connectivity index (χ0) is 20.3. The minimum absolute atomic E-state index is 0. The van der Waals surface area contributed by atoms with Gasteiger partial charge in [0.25, 0.3) is 0 Å². The third-order valence-electron chi connectivity index (χ3n) is 2.76. The van der Waals surface area contributed by atoms with Crippen LogP contribution >= 0.6 is 0 Å². The van der Waals surface area contributed by atoms with E-state index in [4.69, 9.17) is 20.4 Å². The molecule has 0 aliphatic carbocycles. The highest BCUT2D eigenvalue weighted by Crippen LogP contribution is 2.04. The molecule has 9 heteroatoms. The molecule has 0 aromatic heterocycles. The monoisotopic (exact) mass is 390 g/mol. The lowest BCUT2D eigenvalue weighted by Crippen LogP contribution is -1.99. The van der Waals surface area contributed by atoms with Crippen molar-refractivity contribution in [1.82, 2.24) is 0 Å². The number of carboxylic acid groups (broad SMARTS) is 4. The molecule has 0 fully saturated rings. The molecule has 0 spiro atoms. The van der Waals surface area contributed by atoms with Gasteiger partial charge in [-0.1, -0.05) is 0 Å². The Balaban J connectivity index is 0. The molecule has 2 aromatic carbocycles. The summed E-state index contributed by atoms with van der Waals surface area (Å²) in [5.41, 5.74) is 0.333. The van der Waals surface area contributed by atoms with E-state index in [9.17, 15) is 19.2 Å². The molecule has 0 amide bonds. The Morgan fingerprint density at radius 2 is 0.593 bits per heavy atom. The second-order valence-corrected chi connectivity index (χ2v) is 4.38. The molecular weight excluding hydrogens is 371 g/mol. The molecule has 2 aromatic rings. The van der Waals surface area contributed by atoms with Crippen LogP contribution in [-0.2, 0) is 0 Å². The van der Waals surface area contributed by atoms with E-state index in [0.29, 0.717) is 0 Å². The van der Waals surface area contributed by atoms with E-state index in [2.05, 4.69) is 13.2 Å². The molecule has 0 atom stereocenters. The topological polar surface area (TPSA) is 149 Å². The molecule has 0 unspecified atom stereocenters. The number of aromatic carboxylic acids is 4. The highest BCUT2D eigenvalue weighted by Gasteiger charge is 2.05. The van der Waals surface area contributed by atoms with Gasteiger partial charge >= 0.3 is 23.9 Å². The van der Waals surface area contributed by atoms with Crippen LogP contribution in [0.3, 0.4) is 0 Å². The van der Waals surface area contributed by atoms with Crippen LogP contribution in [0.25, 0.3) is 0 Å². The van der Waals surface area contributed by atoms with Gasteiger partial charge in [0.1, 0.15) is 0 Å². The van der Waals surface area contributed by atoms with Gasteiger partial charge in [-0.2, -0.15) is 0 Å². The Bertz CT molecular complexity index is 649. The number of benzene rings is 2. The first-order valence-electron chi connectivity index (χ1n) is 6.85. The summed E-state index contributed by atoms with van der Waals surface area (Å²) in [6.45, 7) is 6.00. The summed E-state index contributed by atoms with van der Waals surface area (Å²) in [5.74, 6) is -4.25. The van der Waals surface area contributed by atoms with E-state index in [1.807, 2.05) is 0 Å². The molecule has 0 radical (unpaired) electrons. The van der Waals surface area contributed by atoms with Crippen LogP contribution in [-0.4, -0.2) is 61.7 Å². The van der Waals surface area contributed by atoms with Gasteiger partial charge < -0.3 is 20.4 Å². The minimum atomic E-state index is -1.06. The summed E-state index contributed by atoms with van der Waals surface area (Å²) in [6.07, 6.45) is 0. The smallest absolute Gasteiger partial charge is 0.335 e. The highest BCUT2D eigenvalue weighted by atomic mass is 27.0. The van der Waals surface area contributed by atoms with Crippen molar-refractivity contribution < 1.29 is 39.6 Å². The Morgan fingerprint density at radius 3 is 0.667 bits per heavy atom. The molecule has 0 saturated carbocycles. The molecule has 0 heterocycles. The second-order valence-electron chi connectivity index (χ2n) is 4.38. The van der Waals surface area contributed by atoms with E-state index in [1.165, 1.54) is 48.5 Å². The Morgan fingerprint density at radius 1 is 0.481 bits per heavy atom. The van der Waals surface area contributed by atoms with Crippen LogP contribution in [0.5, 0.6) is 0 Å². The molecule has 2 rings (SSSR count). The predicted octanol–water partition coefficient (Wildman–Crippen LogP) is 1.78. The van der Waals surface area contributed by atoms with E-state index in [-0.39, 0.29) is 39.6 Å². The molecule has 8 nitrogen and oxygen atoms in total. The van der Waals surface area contributed by atoms with Crippen molar-refractivity contribution in [2.24, 2.45) is 0 Å². The van der Waals surface area contributed by atoms with Crippen LogP contribution in [0.15, 0.2) is 61.7 Å². The second kappa shape index (κ2) is 12.9. The van der Waals surface area contributed by atoms with Crippen molar-refractivity contribution in [3.63, 3.8) is 0 Å². The lowest BCUT2D eigenvalue weighted by Gasteiger charge is -1.94. The summed E-state index contributed by atoms with van der Waals surface area (Å²) in [4.78, 5) is 41.3. The number of hydrogen-bond acceptors (Lipinski definition) is 4. The summed E-state index contributed by atoms with van der Waals surface area (Å²) >= 11 is 0. The van der Waals surface area contributed by atoms with Crippen molar-refractivity contribution >= 4 is 41.2 Å². The third-order valence-corrected chi connectivity index (χ3v) is 2.76. The normalized spacial score (nSPS) is 8.44. The quantitative estimate of drug-likeness (QED) is 0.456. The van der Waals surface area contributed by atoms with Crippen LogP contribution < -0.4 is 0 Å². The van der Waals surface area contributed by atoms with Crippen LogP contribution in [0, 0.1) is 0 Å². The van der Waals surface area contributed by atoms with Crippen LogP contribution in [0.1, 0.15) is 41.4 Å². The SMILES string of the molecule is C=C.O=C(O)c1ccc(C(=O)O)cc1.O=C(O)c1ccc(C(=O)O)cc1.[AlH3]. The van der Waals surface area contributed by atoms with Gasteiger partial charge in [-0.15, -0.1) is 13.2 Å². The van der Waals surface area contributed by atoms with Crippen molar-refractivity contribution in [1.29, 1.82) is 0 Å². The lowest BCUT2D eigenvalue weighted by atomic mass is 10.1. The fraction of sp³-hybridized carbons (Fsp3) is 0. The van der Waals surface area contributed by atoms with E-state index in [0.717, 1.165) is 0 Å². The maximum Gasteiger partial charge on any atom is 0.335 e. The molecule has 4 N–H and O–H groups in total. The van der Waals surface area contributed by atoms with Crippen molar-refractivity contribution in [2.75, 3.05) is 0 Å². The van der Waals surface area contributed by atoms with E-state index < -0.39 is 23.9 Å². The van der Waals surface area contributed by atoms with Gasteiger partial charge in [0.15, 0.2) is 17.4 Å². The van der Waals surface area contributed by atoms with Crippen LogP contribution in [0.4, 0.5) is 0 Å². The summed E-state index contributed by atoms with van der Waals surface area (Å²) < 4.78 is 0. The van der Waals surface area contributed by atoms with Gasteiger partial charge in [0.05, 0.1) is 22.3 Å². The number of rotatable bonds is 4. The Labute approximate surface area is 165 Å². The average molecular weight is 390 g/mol. The molecule has 27 heavy (non-hydrogen) atoms. The average Bonchev–Trinajstić information content (AvgIpc) is 2.64. The zero-order valence-electron chi connectivity index (χ0n) is 13.5. The highest BCUT2D eigenvalue weighted by molar-refractivity contribution is 5.92. The summed E-state index contributed by atoms with van der Waals surface area (Å²) in [5, 5.41) is 33.9. The summed E-state index contributed by atoms with van der Waals surface area (Å²) in [6, 6.07) is 10.0. The zero-order valence-corrected chi connectivity index (χ0v) is 13.5. The van der Waals surface area contributed by atoms with E-state index >= 15 is 0 Å². The van der Waals surface area contributed by atoms with Crippen molar-refractivity contribution in [3.05, 3.63) is 83.9 Å². The van der Waals surface area contributed by atoms with Crippen molar-refractivity contribution in [3.8, 4) is 0 Å². The Hall–Kier alpha value is -3.41. The van der Waals surface area contributed by atoms with Gasteiger partial charge in [-0.3, -0.25) is 0 Å². The summed E-state index contributed by atoms with van der Waals surface area (Å²) in [7, 11) is 0. The maximum absolute atomic E-state index is 10.3. The first-order valence-corrected chi connectivity index (χ1v) is 6.85. The minimum Gasteiger partial charge on any atom is -0.478 e. The van der Waals surface area contributed by atoms with Crippen LogP contribution in [0.2, 0.25) is 0 Å². The van der Waals surface area contributed by atoms with Gasteiger partial charge in [0.2, 0.25) is 0 Å². The number of carboxylic acids is 4. The predicted molar refractivity (Wildman–Crippen MR) is 102 cm³/mol. The van der Waals surface area contributed by atoms with Gasteiger partial charge in [-0.25, -0.2) is 19.2 Å². The molecule has 0 aliphatic heterocycles. The fourth-order valence-electron chi connectivity index (χ4n) is 1.51. The molecular formula is C18H19AlO8. The molecule has 0 bridgehead atoms. The first-order chi connectivity index (χ1) is 12.2. The van der Waals surface area contributed by atoms with Gasteiger partial charge in [-0.05, 0) is 48.5 Å². The standard InChI is InChI=1S/2C8H6O4.C2H4.Al.3H/c2*9-7(10)5-1-2-6(4-3-5)8(11)12;1-2;;;;/h2*1-4H,(H,9,10)(H,11,12);1-2H2;;;;. The maximum atomic E-state index is 10.3. The Kier molecular flexibility index (Phi) is 12.3. The number of hydrogen-bond donors (Lipinski definition) is 4. The first kappa shape index (κ1) is 25.8. The van der Waals surface area contributed by atoms with Gasteiger partial charge in [0, 0.05) is 0 Å². The van der Waals surface area contributed by atoms with Crippen molar-refractivity contribution in [2.45, 2.75) is 0 Å². The molecule has 0 aliphatic rings.